The van der Waals surface area contributed by atoms with E-state index in [2.05, 4.69) is 0 Å². The van der Waals surface area contributed by atoms with E-state index in [-0.39, 0.29) is 18.2 Å². The Labute approximate surface area is 165 Å². The van der Waals surface area contributed by atoms with Crippen LogP contribution in [0.15, 0.2) is 66.7 Å². The fraction of sp³-hybridized carbons (Fsp3) is 0.182. The van der Waals surface area contributed by atoms with Crippen molar-refractivity contribution < 1.29 is 13.9 Å². The first kappa shape index (κ1) is 20.7. The third kappa shape index (κ3) is 5.46. The highest BCUT2D eigenvalue weighted by Crippen LogP contribution is 2.34. The van der Waals surface area contributed by atoms with E-state index in [9.17, 15) is 4.39 Å². The van der Waals surface area contributed by atoms with Crippen LogP contribution in [0.2, 0.25) is 0 Å². The van der Waals surface area contributed by atoms with Crippen molar-refractivity contribution in [2.45, 2.75) is 13.5 Å². The van der Waals surface area contributed by atoms with Crippen molar-refractivity contribution in [1.29, 1.82) is 0 Å². The van der Waals surface area contributed by atoms with Crippen molar-refractivity contribution >= 4 is 12.4 Å². The largest absolute Gasteiger partial charge is 0.488 e. The van der Waals surface area contributed by atoms with E-state index in [1.165, 1.54) is 6.07 Å². The molecule has 142 valence electrons. The quantitative estimate of drug-likeness (QED) is 0.610. The number of hydrogen-bond acceptors (Lipinski definition) is 3. The van der Waals surface area contributed by atoms with Crippen molar-refractivity contribution in [1.82, 2.24) is 0 Å². The molecule has 0 saturated heterocycles. The smallest absolute Gasteiger partial charge is 0.162 e. The summed E-state index contributed by atoms with van der Waals surface area (Å²) in [6.45, 7) is 3.14. The number of benzene rings is 3. The van der Waals surface area contributed by atoms with Gasteiger partial charge >= 0.3 is 0 Å². The van der Waals surface area contributed by atoms with Crippen molar-refractivity contribution in [3.8, 4) is 22.6 Å². The summed E-state index contributed by atoms with van der Waals surface area (Å²) >= 11 is 0. The van der Waals surface area contributed by atoms with Crippen molar-refractivity contribution in [3.63, 3.8) is 0 Å². The topological polar surface area (TPSA) is 44.5 Å². The van der Waals surface area contributed by atoms with Gasteiger partial charge in [-0.25, -0.2) is 4.39 Å². The Balaban J connectivity index is 0.00000261. The first-order valence-corrected chi connectivity index (χ1v) is 8.57. The van der Waals surface area contributed by atoms with E-state index >= 15 is 0 Å². The van der Waals surface area contributed by atoms with Crippen LogP contribution in [0.3, 0.4) is 0 Å². The lowest BCUT2D eigenvalue weighted by Crippen LogP contribution is -2.11. The van der Waals surface area contributed by atoms with E-state index in [0.717, 1.165) is 16.7 Å². The van der Waals surface area contributed by atoms with Crippen molar-refractivity contribution in [2.24, 2.45) is 5.73 Å². The zero-order valence-electron chi connectivity index (χ0n) is 15.2. The molecule has 0 aromatic heterocycles. The summed E-state index contributed by atoms with van der Waals surface area (Å²) in [5.74, 6) is 0.907. The van der Waals surface area contributed by atoms with Gasteiger partial charge in [0.05, 0.1) is 0 Å². The molecule has 5 heteroatoms. The lowest BCUT2D eigenvalue weighted by molar-refractivity contribution is 0.266. The average Bonchev–Trinajstić information content (AvgIpc) is 2.67. The normalized spacial score (nSPS) is 10.2. The number of halogens is 2. The molecule has 0 aliphatic heterocycles. The molecule has 0 bridgehead atoms. The summed E-state index contributed by atoms with van der Waals surface area (Å²) in [4.78, 5) is 0. The SMILES string of the molecule is Cc1ccc(F)c(-c2ccc(OCCN)c(OCc3ccccc3)c2)c1.Cl. The Bertz CT molecular complexity index is 871. The van der Waals surface area contributed by atoms with Crippen LogP contribution in [-0.4, -0.2) is 13.2 Å². The van der Waals surface area contributed by atoms with E-state index in [1.54, 1.807) is 12.1 Å². The van der Waals surface area contributed by atoms with Gasteiger partial charge in [-0.3, -0.25) is 0 Å². The third-order valence-electron chi connectivity index (χ3n) is 3.99. The first-order valence-electron chi connectivity index (χ1n) is 8.57. The second kappa shape index (κ2) is 9.95. The summed E-state index contributed by atoms with van der Waals surface area (Å²) in [6.07, 6.45) is 0. The van der Waals surface area contributed by atoms with Crippen LogP contribution in [-0.2, 0) is 6.61 Å². The Morgan fingerprint density at radius 3 is 2.41 bits per heavy atom. The van der Waals surface area contributed by atoms with Gasteiger partial charge in [0, 0.05) is 12.1 Å². The van der Waals surface area contributed by atoms with Crippen LogP contribution in [0, 0.1) is 12.7 Å². The summed E-state index contributed by atoms with van der Waals surface area (Å²) in [6, 6.07) is 20.4. The van der Waals surface area contributed by atoms with Gasteiger partial charge in [0.2, 0.25) is 0 Å². The molecule has 27 heavy (non-hydrogen) atoms. The molecule has 0 fully saturated rings. The molecule has 3 nitrogen and oxygen atoms in total. The highest BCUT2D eigenvalue weighted by atomic mass is 35.5. The molecule has 3 rings (SSSR count). The Morgan fingerprint density at radius 2 is 1.67 bits per heavy atom. The van der Waals surface area contributed by atoms with Gasteiger partial charge in [0.25, 0.3) is 0 Å². The summed E-state index contributed by atoms with van der Waals surface area (Å²) < 4.78 is 25.9. The van der Waals surface area contributed by atoms with Crippen molar-refractivity contribution in [3.05, 3.63) is 83.7 Å². The van der Waals surface area contributed by atoms with Gasteiger partial charge in [-0.15, -0.1) is 12.4 Å². The van der Waals surface area contributed by atoms with Gasteiger partial charge in [-0.1, -0.05) is 48.0 Å². The second-order valence-electron chi connectivity index (χ2n) is 6.06. The minimum Gasteiger partial charge on any atom is -0.488 e. The molecule has 0 atom stereocenters. The van der Waals surface area contributed by atoms with Gasteiger partial charge in [0.15, 0.2) is 11.5 Å². The van der Waals surface area contributed by atoms with Crippen LogP contribution in [0.5, 0.6) is 11.5 Å². The Morgan fingerprint density at radius 1 is 0.889 bits per heavy atom. The maximum absolute atomic E-state index is 14.3. The molecule has 0 saturated carbocycles. The first-order chi connectivity index (χ1) is 12.7. The molecule has 0 aliphatic rings. The fourth-order valence-corrected chi connectivity index (χ4v) is 2.67. The molecule has 3 aromatic rings. The molecule has 0 spiro atoms. The summed E-state index contributed by atoms with van der Waals surface area (Å²) in [5.41, 5.74) is 8.86. The molecular weight excluding hydrogens is 365 g/mol. The van der Waals surface area contributed by atoms with E-state index in [1.807, 2.05) is 55.5 Å². The molecule has 0 unspecified atom stereocenters. The Hall–Kier alpha value is -2.56. The lowest BCUT2D eigenvalue weighted by Gasteiger charge is -2.15. The van der Waals surface area contributed by atoms with Gasteiger partial charge in [0.1, 0.15) is 19.0 Å². The lowest BCUT2D eigenvalue weighted by atomic mass is 10.0. The Kier molecular flexibility index (Phi) is 7.65. The van der Waals surface area contributed by atoms with Crippen LogP contribution in [0.1, 0.15) is 11.1 Å². The molecule has 0 aliphatic carbocycles. The molecule has 0 heterocycles. The van der Waals surface area contributed by atoms with Crippen LogP contribution in [0.4, 0.5) is 4.39 Å². The molecule has 3 aromatic carbocycles. The van der Waals surface area contributed by atoms with Crippen LogP contribution >= 0.6 is 12.4 Å². The van der Waals surface area contributed by atoms with Crippen molar-refractivity contribution in [2.75, 3.05) is 13.2 Å². The maximum atomic E-state index is 14.3. The monoisotopic (exact) mass is 387 g/mol. The number of hydrogen-bond donors (Lipinski definition) is 1. The minimum atomic E-state index is -0.264. The van der Waals surface area contributed by atoms with Gasteiger partial charge < -0.3 is 15.2 Å². The predicted molar refractivity (Wildman–Crippen MR) is 109 cm³/mol. The van der Waals surface area contributed by atoms with Crippen LogP contribution < -0.4 is 15.2 Å². The number of aryl methyl sites for hydroxylation is 1. The summed E-state index contributed by atoms with van der Waals surface area (Å²) in [7, 11) is 0. The number of ether oxygens (including phenoxy) is 2. The average molecular weight is 388 g/mol. The zero-order valence-corrected chi connectivity index (χ0v) is 16.0. The summed E-state index contributed by atoms with van der Waals surface area (Å²) in [5, 5.41) is 0. The van der Waals surface area contributed by atoms with Gasteiger partial charge in [-0.05, 0) is 42.3 Å². The third-order valence-corrected chi connectivity index (χ3v) is 3.99. The fourth-order valence-electron chi connectivity index (χ4n) is 2.67. The second-order valence-corrected chi connectivity index (χ2v) is 6.06. The van der Waals surface area contributed by atoms with Crippen LogP contribution in [0.25, 0.3) is 11.1 Å². The van der Waals surface area contributed by atoms with Gasteiger partial charge in [-0.2, -0.15) is 0 Å². The van der Waals surface area contributed by atoms with E-state index in [0.29, 0.717) is 36.8 Å². The molecular formula is C22H23ClFNO2. The number of rotatable bonds is 7. The molecule has 0 amide bonds. The van der Waals surface area contributed by atoms with E-state index < -0.39 is 0 Å². The predicted octanol–water partition coefficient (Wildman–Crippen LogP) is 5.14. The highest BCUT2D eigenvalue weighted by Gasteiger charge is 2.11. The standard InChI is InChI=1S/C22H22FNO2.ClH/c1-16-7-9-20(23)19(13-16)18-8-10-21(25-12-11-24)22(14-18)26-15-17-5-3-2-4-6-17;/h2-10,13-14H,11-12,15,24H2,1H3;1H. The van der Waals surface area contributed by atoms with E-state index in [4.69, 9.17) is 15.2 Å². The minimum absolute atomic E-state index is 0. The number of nitrogens with two attached hydrogens (primary N) is 1. The molecule has 2 N–H and O–H groups in total. The zero-order chi connectivity index (χ0) is 18.4. The highest BCUT2D eigenvalue weighted by molar-refractivity contribution is 5.85. The maximum Gasteiger partial charge on any atom is 0.162 e. The molecule has 0 radical (unpaired) electrons.